The van der Waals surface area contributed by atoms with E-state index >= 15 is 0 Å². The number of hydrogen-bond acceptors (Lipinski definition) is 3. The molecule has 0 heterocycles. The maximum absolute atomic E-state index is 12.1. The Bertz CT molecular complexity index is 346. The number of hydrogen-bond donors (Lipinski definition) is 2. The van der Waals surface area contributed by atoms with Gasteiger partial charge in [0.05, 0.1) is 11.8 Å². The fourth-order valence-electron chi connectivity index (χ4n) is 3.08. The highest BCUT2D eigenvalue weighted by Crippen LogP contribution is 2.35. The zero-order valence-electron chi connectivity index (χ0n) is 11.4. The average molecular weight is 285 g/mol. The van der Waals surface area contributed by atoms with E-state index in [0.29, 0.717) is 11.7 Å². The maximum atomic E-state index is 12.1. The molecular formula is C14H23NO3S. The van der Waals surface area contributed by atoms with Gasteiger partial charge in [-0.2, -0.15) is 11.8 Å². The first-order valence-corrected chi connectivity index (χ1v) is 8.31. The predicted molar refractivity (Wildman–Crippen MR) is 76.2 cm³/mol. The van der Waals surface area contributed by atoms with E-state index in [-0.39, 0.29) is 17.9 Å². The smallest absolute Gasteiger partial charge is 0.307 e. The molecule has 19 heavy (non-hydrogen) atoms. The first-order chi connectivity index (χ1) is 9.11. The molecule has 2 saturated carbocycles. The Hall–Kier alpha value is -0.710. The van der Waals surface area contributed by atoms with E-state index in [4.69, 9.17) is 5.11 Å². The van der Waals surface area contributed by atoms with Gasteiger partial charge in [-0.3, -0.25) is 9.59 Å². The minimum atomic E-state index is -0.825. The van der Waals surface area contributed by atoms with Gasteiger partial charge in [-0.05, 0) is 37.9 Å². The van der Waals surface area contributed by atoms with E-state index in [9.17, 15) is 9.59 Å². The molecule has 2 aliphatic carbocycles. The number of carboxylic acid groups (broad SMARTS) is 1. The molecule has 1 amide bonds. The third kappa shape index (κ3) is 3.65. The topological polar surface area (TPSA) is 66.4 Å². The van der Waals surface area contributed by atoms with Crippen LogP contribution in [0.1, 0.15) is 45.4 Å². The molecule has 2 N–H and O–H groups in total. The molecule has 0 spiro atoms. The normalized spacial score (nSPS) is 34.4. The molecule has 0 aromatic carbocycles. The third-order valence-electron chi connectivity index (χ3n) is 4.30. The van der Waals surface area contributed by atoms with Crippen molar-refractivity contribution in [2.45, 2.75) is 56.7 Å². The molecule has 5 heteroatoms. The number of carboxylic acids is 1. The van der Waals surface area contributed by atoms with Crippen LogP contribution in [-0.4, -0.2) is 34.0 Å². The molecule has 4 unspecified atom stereocenters. The molecule has 108 valence electrons. The van der Waals surface area contributed by atoms with E-state index in [1.165, 1.54) is 6.42 Å². The van der Waals surface area contributed by atoms with Crippen LogP contribution in [0.2, 0.25) is 0 Å². The highest BCUT2D eigenvalue weighted by atomic mass is 32.2. The summed E-state index contributed by atoms with van der Waals surface area (Å²) in [6.45, 7) is 2.17. The van der Waals surface area contributed by atoms with Crippen LogP contribution in [0.5, 0.6) is 0 Å². The first kappa shape index (κ1) is 14.7. The van der Waals surface area contributed by atoms with Crippen LogP contribution in [0.25, 0.3) is 0 Å². The van der Waals surface area contributed by atoms with Crippen molar-refractivity contribution >= 4 is 23.6 Å². The fraction of sp³-hybridized carbons (Fsp3) is 0.857. The number of thioether (sulfide) groups is 1. The Morgan fingerprint density at radius 1 is 1.21 bits per heavy atom. The van der Waals surface area contributed by atoms with Crippen molar-refractivity contribution in [2.24, 2.45) is 11.8 Å². The summed E-state index contributed by atoms with van der Waals surface area (Å²) in [4.78, 5) is 23.0. The minimum absolute atomic E-state index is 0.0363. The molecule has 2 aliphatic rings. The summed E-state index contributed by atoms with van der Waals surface area (Å²) in [5.74, 6) is -0.490. The second kappa shape index (κ2) is 6.64. The Labute approximate surface area is 118 Å². The van der Waals surface area contributed by atoms with Gasteiger partial charge in [0.15, 0.2) is 0 Å². The molecule has 4 nitrogen and oxygen atoms in total. The van der Waals surface area contributed by atoms with Gasteiger partial charge in [-0.1, -0.05) is 13.3 Å². The predicted octanol–water partition coefficient (Wildman–Crippen LogP) is 2.28. The Balaban J connectivity index is 1.80. The molecule has 2 fully saturated rings. The van der Waals surface area contributed by atoms with Gasteiger partial charge in [0.25, 0.3) is 0 Å². The molecule has 0 bridgehead atoms. The van der Waals surface area contributed by atoms with Crippen LogP contribution in [-0.2, 0) is 9.59 Å². The van der Waals surface area contributed by atoms with Crippen LogP contribution < -0.4 is 5.32 Å². The number of aliphatic carboxylic acids is 1. The van der Waals surface area contributed by atoms with Crippen molar-refractivity contribution in [3.05, 3.63) is 0 Å². The van der Waals surface area contributed by atoms with Crippen molar-refractivity contribution in [1.29, 1.82) is 0 Å². The van der Waals surface area contributed by atoms with Crippen molar-refractivity contribution in [1.82, 2.24) is 5.32 Å². The van der Waals surface area contributed by atoms with Gasteiger partial charge < -0.3 is 10.4 Å². The summed E-state index contributed by atoms with van der Waals surface area (Å²) < 4.78 is 0. The summed E-state index contributed by atoms with van der Waals surface area (Å²) in [6.07, 6.45) is 5.85. The summed E-state index contributed by atoms with van der Waals surface area (Å²) in [5, 5.41) is 12.7. The summed E-state index contributed by atoms with van der Waals surface area (Å²) in [5.41, 5.74) is 0. The SMILES string of the molecule is CCSC1CCCC(NC(=O)C2CCC2C(=O)O)C1. The zero-order chi connectivity index (χ0) is 13.8. The van der Waals surface area contributed by atoms with Crippen LogP contribution in [0, 0.1) is 11.8 Å². The van der Waals surface area contributed by atoms with Crippen LogP contribution in [0.4, 0.5) is 0 Å². The minimum Gasteiger partial charge on any atom is -0.481 e. The van der Waals surface area contributed by atoms with E-state index in [1.54, 1.807) is 0 Å². The van der Waals surface area contributed by atoms with Gasteiger partial charge in [-0.15, -0.1) is 0 Å². The van der Waals surface area contributed by atoms with Crippen molar-refractivity contribution in [2.75, 3.05) is 5.75 Å². The lowest BCUT2D eigenvalue weighted by Crippen LogP contribution is -2.48. The monoisotopic (exact) mass is 285 g/mol. The van der Waals surface area contributed by atoms with Crippen molar-refractivity contribution in [3.63, 3.8) is 0 Å². The van der Waals surface area contributed by atoms with Crippen LogP contribution >= 0.6 is 11.8 Å². The largest absolute Gasteiger partial charge is 0.481 e. The molecule has 0 saturated heterocycles. The van der Waals surface area contributed by atoms with Gasteiger partial charge in [0.1, 0.15) is 0 Å². The number of rotatable bonds is 5. The Morgan fingerprint density at radius 3 is 2.53 bits per heavy atom. The molecular weight excluding hydrogens is 262 g/mol. The van der Waals surface area contributed by atoms with Gasteiger partial charge in [-0.25, -0.2) is 0 Å². The number of carbonyl (C=O) groups excluding carboxylic acids is 1. The van der Waals surface area contributed by atoms with Crippen LogP contribution in [0.15, 0.2) is 0 Å². The maximum Gasteiger partial charge on any atom is 0.307 e. The van der Waals surface area contributed by atoms with Crippen molar-refractivity contribution < 1.29 is 14.7 Å². The number of nitrogens with one attached hydrogen (secondary N) is 1. The van der Waals surface area contributed by atoms with E-state index in [0.717, 1.165) is 31.4 Å². The summed E-state index contributed by atoms with van der Waals surface area (Å²) >= 11 is 1.97. The van der Waals surface area contributed by atoms with Crippen LogP contribution in [0.3, 0.4) is 0 Å². The van der Waals surface area contributed by atoms with Gasteiger partial charge in [0, 0.05) is 11.3 Å². The molecule has 0 radical (unpaired) electrons. The summed E-state index contributed by atoms with van der Waals surface area (Å²) in [6, 6.07) is 0.250. The number of carbonyl (C=O) groups is 2. The summed E-state index contributed by atoms with van der Waals surface area (Å²) in [7, 11) is 0. The second-order valence-electron chi connectivity index (χ2n) is 5.58. The van der Waals surface area contributed by atoms with E-state index in [1.807, 2.05) is 11.8 Å². The highest BCUT2D eigenvalue weighted by molar-refractivity contribution is 7.99. The molecule has 4 atom stereocenters. The second-order valence-corrected chi connectivity index (χ2v) is 7.16. The molecule has 0 aromatic heterocycles. The lowest BCUT2D eigenvalue weighted by Gasteiger charge is -2.35. The lowest BCUT2D eigenvalue weighted by molar-refractivity contribution is -0.153. The van der Waals surface area contributed by atoms with E-state index < -0.39 is 11.9 Å². The average Bonchev–Trinajstić information content (AvgIpc) is 2.27. The fourth-order valence-corrected chi connectivity index (χ4v) is 4.25. The van der Waals surface area contributed by atoms with E-state index in [2.05, 4.69) is 12.2 Å². The highest BCUT2D eigenvalue weighted by Gasteiger charge is 2.42. The number of amides is 1. The third-order valence-corrected chi connectivity index (χ3v) is 5.54. The molecule has 0 aromatic rings. The molecule has 0 aliphatic heterocycles. The standard InChI is InChI=1S/C14H23NO3S/c1-2-19-10-5-3-4-9(8-10)15-13(16)11-6-7-12(11)14(17)18/h9-12H,2-8H2,1H3,(H,15,16)(H,17,18). The van der Waals surface area contributed by atoms with Gasteiger partial charge >= 0.3 is 5.97 Å². The quantitative estimate of drug-likeness (QED) is 0.813. The zero-order valence-corrected chi connectivity index (χ0v) is 12.2. The van der Waals surface area contributed by atoms with Gasteiger partial charge in [0.2, 0.25) is 5.91 Å². The Morgan fingerprint density at radius 2 is 1.95 bits per heavy atom. The first-order valence-electron chi connectivity index (χ1n) is 7.26. The van der Waals surface area contributed by atoms with Crippen molar-refractivity contribution in [3.8, 4) is 0 Å². The molecule has 2 rings (SSSR count). The Kier molecular flexibility index (Phi) is 5.13. The lowest BCUT2D eigenvalue weighted by atomic mass is 9.73.